The van der Waals surface area contributed by atoms with Gasteiger partial charge in [-0.25, -0.2) is 0 Å². The molecule has 0 aromatic heterocycles. The van der Waals surface area contributed by atoms with Crippen molar-refractivity contribution in [3.05, 3.63) is 35.9 Å². The Balaban J connectivity index is -0.0000000730. The molecule has 3 aliphatic heterocycles. The molecule has 0 aliphatic carbocycles. The van der Waals surface area contributed by atoms with Crippen LogP contribution in [0.15, 0.2) is 30.3 Å². The van der Waals surface area contributed by atoms with Crippen molar-refractivity contribution in [3.8, 4) is 0 Å². The Morgan fingerprint density at radius 3 is 0.750 bits per heavy atom. The van der Waals surface area contributed by atoms with Gasteiger partial charge in [0.1, 0.15) is 0 Å². The molecular formula is C37H82F18N3P3WY2. The van der Waals surface area contributed by atoms with Gasteiger partial charge in [0.2, 0.25) is 0 Å². The van der Waals surface area contributed by atoms with E-state index in [1.807, 2.05) is 0 Å². The molecule has 3 fully saturated rings. The summed E-state index contributed by atoms with van der Waals surface area (Å²) in [5, 5.41) is 0. The van der Waals surface area contributed by atoms with Crippen LogP contribution in [0.1, 0.15) is 127 Å². The number of likely N-dealkylation sites (tertiary alicyclic amines) is 3. The van der Waals surface area contributed by atoms with E-state index in [1.165, 1.54) is 161 Å². The van der Waals surface area contributed by atoms with Crippen LogP contribution < -0.4 is 0 Å². The van der Waals surface area contributed by atoms with Crippen molar-refractivity contribution in [2.24, 2.45) is 0 Å². The topological polar surface area (TPSA) is 0 Å². The quantitative estimate of drug-likeness (QED) is 0.0847. The van der Waals surface area contributed by atoms with Gasteiger partial charge in [0.15, 0.2) is 0 Å². The fourth-order valence-electron chi connectivity index (χ4n) is 6.78. The molecule has 1 aromatic rings. The Bertz CT molecular complexity index is 1170. The number of hydrogen-bond donors (Lipinski definition) is 0. The fourth-order valence-corrected chi connectivity index (χ4v) is 6.78. The number of rotatable bonds is 12. The van der Waals surface area contributed by atoms with E-state index in [0.29, 0.717) is 0 Å². The van der Waals surface area contributed by atoms with Gasteiger partial charge in [-0.3, -0.25) is 0 Å². The van der Waals surface area contributed by atoms with Crippen LogP contribution in [0, 0.1) is 0 Å². The fraction of sp³-hybridized carbons (Fsp3) is 0.838. The number of unbranched alkanes of at least 4 members (excludes halogenated alkanes) is 4. The monoisotopic (exact) mass is 1370 g/mol. The Labute approximate surface area is 439 Å². The molecule has 3 heterocycles. The van der Waals surface area contributed by atoms with Crippen molar-refractivity contribution in [1.29, 1.82) is 0 Å². The number of quaternary nitrogens is 3. The molecule has 0 amide bonds. The van der Waals surface area contributed by atoms with Crippen molar-refractivity contribution in [2.45, 2.75) is 128 Å². The van der Waals surface area contributed by atoms with E-state index in [9.17, 15) is 75.5 Å². The predicted molar refractivity (Wildman–Crippen MR) is 229 cm³/mol. The molecule has 2 radical (unpaired) electrons. The van der Waals surface area contributed by atoms with Crippen molar-refractivity contribution >= 4 is 23.4 Å². The first-order valence-electron chi connectivity index (χ1n) is 18.0. The molecule has 0 unspecified atom stereocenters. The van der Waals surface area contributed by atoms with Crippen LogP contribution >= 0.6 is 23.4 Å². The molecule has 0 spiro atoms. The van der Waals surface area contributed by atoms with Gasteiger partial charge in [0.05, 0.1) is 80.0 Å². The van der Waals surface area contributed by atoms with Crippen molar-refractivity contribution in [3.63, 3.8) is 0 Å². The second-order valence-corrected chi connectivity index (χ2v) is 21.5. The normalized spacial score (nSPS) is 19.5. The third-order valence-corrected chi connectivity index (χ3v) is 9.34. The Kier molecular flexibility index (Phi) is 41.0. The maximum atomic E-state index is 9.87. The van der Waals surface area contributed by atoms with Gasteiger partial charge in [0.25, 0.3) is 0 Å². The summed E-state index contributed by atoms with van der Waals surface area (Å²) in [4.78, 5) is 0. The molecule has 1 aromatic carbocycles. The Morgan fingerprint density at radius 2 is 0.547 bits per heavy atom. The minimum Gasteiger partial charge on any atom is 0 e. The molecule has 3 aliphatic rings. The SMILES string of the molecule is C.C.C.C.C.C.C[N+]1(CCCCC[N+]2(C)CCCC2)CCCC1.C[N+]1(CCCCCc2ccccc2)CCCC1.F[P-](F)(F)(F)(F)F.F[P-](F)(F)(F)(F)F.F[P-](F)(F)(F)(F)F.[W].[Y].[Y]. The summed E-state index contributed by atoms with van der Waals surface area (Å²) in [6.07, 6.45) is 18.5. The van der Waals surface area contributed by atoms with E-state index in [0.717, 1.165) is 0 Å². The third kappa shape index (κ3) is 81.0. The van der Waals surface area contributed by atoms with E-state index >= 15 is 0 Å². The summed E-state index contributed by atoms with van der Waals surface area (Å²) in [6, 6.07) is 10.9. The smallest absolute Gasteiger partial charge is 0 e. The van der Waals surface area contributed by atoms with Crippen LogP contribution in [0.5, 0.6) is 0 Å². The van der Waals surface area contributed by atoms with Crippen LogP contribution in [0.2, 0.25) is 0 Å². The van der Waals surface area contributed by atoms with Gasteiger partial charge in [-0.2, -0.15) is 0 Å². The minimum atomic E-state index is -10.7. The van der Waals surface area contributed by atoms with Crippen LogP contribution in [0.4, 0.5) is 75.5 Å². The third-order valence-electron chi connectivity index (χ3n) is 9.34. The minimum absolute atomic E-state index is 0. The maximum absolute atomic E-state index is 10.7. The predicted octanol–water partition coefficient (Wildman–Crippen LogP) is 20.2. The van der Waals surface area contributed by atoms with E-state index in [1.54, 1.807) is 0 Å². The van der Waals surface area contributed by atoms with Gasteiger partial charge in [-0.05, 0) is 50.5 Å². The molecule has 398 valence electrons. The van der Waals surface area contributed by atoms with Gasteiger partial charge >= 0.3 is 99.0 Å². The number of nitrogens with zero attached hydrogens (tertiary/aromatic N) is 3. The van der Waals surface area contributed by atoms with E-state index < -0.39 is 23.4 Å². The van der Waals surface area contributed by atoms with Crippen molar-refractivity contribution in [2.75, 3.05) is 80.0 Å². The van der Waals surface area contributed by atoms with Gasteiger partial charge in [0, 0.05) is 125 Å². The first kappa shape index (κ1) is 88.9. The van der Waals surface area contributed by atoms with Crippen LogP contribution in [-0.2, 0) is 92.9 Å². The second kappa shape index (κ2) is 29.5. The molecule has 0 N–H and O–H groups in total. The molecule has 0 saturated carbocycles. The average molecular weight is 1370 g/mol. The molecule has 0 bridgehead atoms. The maximum Gasteiger partial charge on any atom is 0 e. The Hall–Kier alpha value is 2.03. The largest absolute Gasteiger partial charge is 0 e. The molecular weight excluding hydrogens is 1280 g/mol. The summed E-state index contributed by atoms with van der Waals surface area (Å²) in [6.45, 7) is 12.8. The molecule has 27 heteroatoms. The summed E-state index contributed by atoms with van der Waals surface area (Å²) in [5.74, 6) is 0. The van der Waals surface area contributed by atoms with Crippen molar-refractivity contribution < 1.29 is 175 Å². The van der Waals surface area contributed by atoms with Crippen molar-refractivity contribution in [1.82, 2.24) is 0 Å². The summed E-state index contributed by atoms with van der Waals surface area (Å²) in [5.41, 5.74) is 1.49. The molecule has 0 atom stereocenters. The number of aryl methyl sites for hydroxylation is 1. The van der Waals surface area contributed by atoms with Gasteiger partial charge < -0.3 is 13.4 Å². The van der Waals surface area contributed by atoms with Gasteiger partial charge in [-0.1, -0.05) is 74.9 Å². The second-order valence-electron chi connectivity index (χ2n) is 15.7. The summed E-state index contributed by atoms with van der Waals surface area (Å²) < 4.78 is 182. The summed E-state index contributed by atoms with van der Waals surface area (Å²) >= 11 is 0. The Morgan fingerprint density at radius 1 is 0.359 bits per heavy atom. The number of hydrogen-bond acceptors (Lipinski definition) is 0. The van der Waals surface area contributed by atoms with Crippen LogP contribution in [0.3, 0.4) is 0 Å². The zero-order valence-corrected chi connectivity index (χ0v) is 44.3. The summed E-state index contributed by atoms with van der Waals surface area (Å²) in [7, 11) is -24.6. The number of benzene rings is 1. The van der Waals surface area contributed by atoms with Gasteiger partial charge in [-0.15, -0.1) is 0 Å². The zero-order valence-electron chi connectivity index (χ0n) is 33.0. The number of halogens is 18. The van der Waals surface area contributed by atoms with Crippen LogP contribution in [0.25, 0.3) is 0 Å². The first-order valence-corrected chi connectivity index (χ1v) is 24.1. The molecule has 3 nitrogen and oxygen atoms in total. The van der Waals surface area contributed by atoms with E-state index in [-0.39, 0.29) is 131 Å². The first-order chi connectivity index (χ1) is 23.8. The molecule has 3 saturated heterocycles. The van der Waals surface area contributed by atoms with E-state index in [4.69, 9.17) is 0 Å². The standard InChI is InChI=1S/C16H26N.C15H32N2.6CH4.3F6P.W.2Y/c1-17(14-8-9-15-17)13-7-3-6-12-16-10-4-2-5-11-16;1-16(12-6-7-13-16)10-4-3-5-11-17(2)14-8-9-15-17;;;;;;;3*1-7(2,3,4,5)6;;;/h2,4-5,10-11H,3,6-9,12-15H2,1H3;3-15H2,1-2H3;6*1H4;;;;;;/q+1;+2;;;;;;;3*-1;;;. The average Bonchev–Trinajstić information content (AvgIpc) is 3.66. The molecule has 4 rings (SSSR count). The van der Waals surface area contributed by atoms with Crippen LogP contribution in [-0.4, -0.2) is 93.5 Å². The zero-order chi connectivity index (χ0) is 43.4. The molecule has 64 heavy (non-hydrogen) atoms. The van der Waals surface area contributed by atoms with E-state index in [2.05, 4.69) is 51.5 Å².